The van der Waals surface area contributed by atoms with Crippen molar-refractivity contribution >= 4 is 57.3 Å². The first kappa shape index (κ1) is 17.1. The van der Waals surface area contributed by atoms with Crippen molar-refractivity contribution in [1.82, 2.24) is 4.57 Å². The average Bonchev–Trinajstić information content (AvgIpc) is 3.14. The first-order valence-electron chi connectivity index (χ1n) is 10.9. The molecule has 3 heteroatoms. The first-order valence-corrected chi connectivity index (χ1v) is 10.9. The summed E-state index contributed by atoms with van der Waals surface area (Å²) in [6.07, 6.45) is 0. The lowest BCUT2D eigenvalue weighted by Gasteiger charge is -2.42. The van der Waals surface area contributed by atoms with Crippen molar-refractivity contribution in [3.8, 4) is 5.69 Å². The van der Waals surface area contributed by atoms with Gasteiger partial charge < -0.3 is 4.57 Å². The van der Waals surface area contributed by atoms with Crippen molar-refractivity contribution in [3.05, 3.63) is 90.0 Å². The number of benzene rings is 4. The second-order valence-electron chi connectivity index (χ2n) is 9.29. The molecule has 1 aromatic heterocycles. The van der Waals surface area contributed by atoms with Gasteiger partial charge in [-0.15, -0.1) is 0 Å². The standard InChI is InChI=1S/C28H21BN2/c1-28(2)19-11-7-14-22(30-3)25(19)29-21-13-6-10-18-17-9-4-5-15-23(17)31(27(18)21)24-16-8-12-20(28)26(24)29/h4-16H,3H2,1-2H3. The maximum atomic E-state index is 4.48. The lowest BCUT2D eigenvalue weighted by atomic mass is 9.30. The van der Waals surface area contributed by atoms with Crippen LogP contribution in [0.1, 0.15) is 25.0 Å². The molecule has 0 saturated heterocycles. The van der Waals surface area contributed by atoms with Gasteiger partial charge >= 0.3 is 0 Å². The Kier molecular flexibility index (Phi) is 3.07. The summed E-state index contributed by atoms with van der Waals surface area (Å²) in [5.41, 5.74) is 11.6. The van der Waals surface area contributed by atoms with Gasteiger partial charge in [0.05, 0.1) is 11.2 Å². The van der Waals surface area contributed by atoms with Gasteiger partial charge in [-0.05, 0) is 52.4 Å². The van der Waals surface area contributed by atoms with Gasteiger partial charge in [0.25, 0.3) is 0 Å². The maximum absolute atomic E-state index is 4.48. The van der Waals surface area contributed by atoms with Crippen LogP contribution < -0.4 is 16.4 Å². The summed E-state index contributed by atoms with van der Waals surface area (Å²) < 4.78 is 2.49. The zero-order valence-corrected chi connectivity index (χ0v) is 17.7. The molecule has 0 bridgehead atoms. The highest BCUT2D eigenvalue weighted by Crippen LogP contribution is 2.40. The number of aliphatic imine (C=N–C) groups is 1. The fourth-order valence-corrected chi connectivity index (χ4v) is 6.26. The summed E-state index contributed by atoms with van der Waals surface area (Å²) in [6, 6.07) is 28.9. The molecule has 2 aliphatic rings. The van der Waals surface area contributed by atoms with Crippen LogP contribution in [0.4, 0.5) is 5.69 Å². The summed E-state index contributed by atoms with van der Waals surface area (Å²) in [5, 5.41) is 2.63. The molecule has 0 atom stereocenters. The topological polar surface area (TPSA) is 17.3 Å². The Bertz CT molecular complexity index is 1590. The highest BCUT2D eigenvalue weighted by atomic mass is 15.0. The van der Waals surface area contributed by atoms with Gasteiger partial charge in [0.1, 0.15) is 0 Å². The van der Waals surface area contributed by atoms with Crippen molar-refractivity contribution in [2.75, 3.05) is 0 Å². The van der Waals surface area contributed by atoms with Crippen LogP contribution in [0, 0.1) is 0 Å². The van der Waals surface area contributed by atoms with Crippen LogP contribution >= 0.6 is 0 Å². The summed E-state index contributed by atoms with van der Waals surface area (Å²) in [5.74, 6) is 0. The minimum absolute atomic E-state index is 0.105. The second kappa shape index (κ2) is 5.56. The molecule has 0 fully saturated rings. The molecule has 0 spiro atoms. The molecule has 0 N–H and O–H groups in total. The van der Waals surface area contributed by atoms with E-state index >= 15 is 0 Å². The van der Waals surface area contributed by atoms with Crippen LogP contribution in [-0.4, -0.2) is 18.0 Å². The number of nitrogens with zero attached hydrogens (tertiary/aromatic N) is 2. The Morgan fingerprint density at radius 1 is 0.774 bits per heavy atom. The quantitative estimate of drug-likeness (QED) is 0.286. The number of para-hydroxylation sites is 2. The van der Waals surface area contributed by atoms with E-state index in [2.05, 4.69) is 109 Å². The molecule has 7 rings (SSSR count). The van der Waals surface area contributed by atoms with E-state index in [1.54, 1.807) is 0 Å². The first-order chi connectivity index (χ1) is 15.1. The minimum atomic E-state index is -0.105. The number of rotatable bonds is 1. The van der Waals surface area contributed by atoms with Crippen molar-refractivity contribution in [2.24, 2.45) is 4.99 Å². The largest absolute Gasteiger partial charge is 0.310 e. The Hall–Kier alpha value is -3.59. The molecule has 2 aliphatic heterocycles. The SMILES string of the molecule is C=Nc1cccc2c1B1c3c(cccc3C2(C)C)-n2c3ccccc3c3cccc1c32. The molecule has 31 heavy (non-hydrogen) atoms. The van der Waals surface area contributed by atoms with Crippen LogP contribution in [0.2, 0.25) is 0 Å². The summed E-state index contributed by atoms with van der Waals surface area (Å²) in [4.78, 5) is 4.48. The molecule has 5 aromatic rings. The van der Waals surface area contributed by atoms with Gasteiger partial charge in [0.15, 0.2) is 0 Å². The van der Waals surface area contributed by atoms with E-state index < -0.39 is 0 Å². The average molecular weight is 396 g/mol. The molecule has 0 amide bonds. The monoisotopic (exact) mass is 396 g/mol. The molecule has 3 heterocycles. The van der Waals surface area contributed by atoms with Crippen LogP contribution in [0.15, 0.2) is 83.9 Å². The third-order valence-electron chi connectivity index (χ3n) is 7.54. The van der Waals surface area contributed by atoms with E-state index in [4.69, 9.17) is 0 Å². The highest BCUT2D eigenvalue weighted by Gasteiger charge is 2.45. The van der Waals surface area contributed by atoms with Crippen molar-refractivity contribution < 1.29 is 0 Å². The number of hydrogen-bond acceptors (Lipinski definition) is 1. The van der Waals surface area contributed by atoms with Crippen LogP contribution in [0.3, 0.4) is 0 Å². The number of hydrogen-bond donors (Lipinski definition) is 0. The van der Waals surface area contributed by atoms with Gasteiger partial charge in [-0.25, -0.2) is 0 Å². The summed E-state index contributed by atoms with van der Waals surface area (Å²) in [6.45, 7) is 8.77. The Morgan fingerprint density at radius 3 is 2.32 bits per heavy atom. The fourth-order valence-electron chi connectivity index (χ4n) is 6.26. The van der Waals surface area contributed by atoms with Crippen molar-refractivity contribution in [1.29, 1.82) is 0 Å². The van der Waals surface area contributed by atoms with E-state index in [-0.39, 0.29) is 12.1 Å². The minimum Gasteiger partial charge on any atom is -0.310 e. The van der Waals surface area contributed by atoms with Crippen LogP contribution in [-0.2, 0) is 5.41 Å². The van der Waals surface area contributed by atoms with Gasteiger partial charge in [-0.2, -0.15) is 0 Å². The Labute approximate surface area is 181 Å². The van der Waals surface area contributed by atoms with E-state index in [9.17, 15) is 0 Å². The Morgan fingerprint density at radius 2 is 1.48 bits per heavy atom. The summed E-state index contributed by atoms with van der Waals surface area (Å²) >= 11 is 0. The molecule has 0 radical (unpaired) electrons. The molecule has 0 saturated carbocycles. The van der Waals surface area contributed by atoms with Crippen LogP contribution in [0.25, 0.3) is 27.5 Å². The van der Waals surface area contributed by atoms with E-state index in [0.717, 1.165) is 5.69 Å². The fraction of sp³-hybridized carbons (Fsp3) is 0.107. The number of fused-ring (bicyclic) bond motifs is 7. The highest BCUT2D eigenvalue weighted by molar-refractivity contribution is 6.99. The molecule has 0 unspecified atom stereocenters. The molecular weight excluding hydrogens is 375 g/mol. The maximum Gasteiger partial charge on any atom is 0.250 e. The third kappa shape index (κ3) is 1.88. The molecular formula is C28H21BN2. The molecule has 0 aliphatic carbocycles. The normalized spacial score (nSPS) is 15.1. The predicted octanol–water partition coefficient (Wildman–Crippen LogP) is 4.58. The lowest BCUT2D eigenvalue weighted by molar-refractivity contribution is 0.645. The predicted molar refractivity (Wildman–Crippen MR) is 133 cm³/mol. The lowest BCUT2D eigenvalue weighted by Crippen LogP contribution is -2.63. The number of aromatic nitrogens is 1. The van der Waals surface area contributed by atoms with Gasteiger partial charge in [0, 0.05) is 27.4 Å². The van der Waals surface area contributed by atoms with E-state index in [1.807, 2.05) is 0 Å². The Balaban J connectivity index is 1.77. The summed E-state index contributed by atoms with van der Waals surface area (Å²) in [7, 11) is 0. The third-order valence-corrected chi connectivity index (χ3v) is 7.54. The van der Waals surface area contributed by atoms with Gasteiger partial charge in [-0.1, -0.05) is 74.5 Å². The zero-order valence-electron chi connectivity index (χ0n) is 17.7. The molecule has 146 valence electrons. The van der Waals surface area contributed by atoms with Gasteiger partial charge in [0.2, 0.25) is 6.71 Å². The van der Waals surface area contributed by atoms with Crippen molar-refractivity contribution in [3.63, 3.8) is 0 Å². The van der Waals surface area contributed by atoms with E-state index in [0.29, 0.717) is 0 Å². The molecule has 2 nitrogen and oxygen atoms in total. The van der Waals surface area contributed by atoms with Gasteiger partial charge in [-0.3, -0.25) is 4.99 Å². The van der Waals surface area contributed by atoms with E-state index in [1.165, 1.54) is 55.0 Å². The smallest absolute Gasteiger partial charge is 0.250 e. The van der Waals surface area contributed by atoms with Crippen molar-refractivity contribution in [2.45, 2.75) is 19.3 Å². The molecule has 4 aromatic carbocycles. The zero-order chi connectivity index (χ0) is 20.9. The second-order valence-corrected chi connectivity index (χ2v) is 9.29. The van der Waals surface area contributed by atoms with Crippen LogP contribution in [0.5, 0.6) is 0 Å².